The average molecular weight is 392 g/mol. The topological polar surface area (TPSA) is 69.5 Å². The molecule has 0 saturated carbocycles. The molecule has 1 aliphatic rings. The fourth-order valence-corrected chi connectivity index (χ4v) is 3.51. The Morgan fingerprint density at radius 3 is 2.79 bits per heavy atom. The zero-order valence-electron chi connectivity index (χ0n) is 16.6. The predicted molar refractivity (Wildman–Crippen MR) is 109 cm³/mol. The number of ether oxygens (including phenoxy) is 2. The van der Waals surface area contributed by atoms with E-state index < -0.39 is 0 Å². The van der Waals surface area contributed by atoms with E-state index in [1.807, 2.05) is 18.3 Å². The summed E-state index contributed by atoms with van der Waals surface area (Å²) in [5.41, 5.74) is 4.66. The molecule has 7 heteroatoms. The van der Waals surface area contributed by atoms with Crippen molar-refractivity contribution in [1.29, 1.82) is 0 Å². The Balaban J connectivity index is 1.50. The third-order valence-electron chi connectivity index (χ3n) is 5.07. The van der Waals surface area contributed by atoms with E-state index in [2.05, 4.69) is 46.4 Å². The standard InChI is InChI=1S/C22H24N4O3/c1-3-16-7-9-19(10-8-16)26-11-12-29-21(26)20-15-25(24-23-20)14-17-5-4-6-18(13-17)22(27)28-2/h4-10,13,15,21H,3,11-12,14H2,1-2H3/t21-/m1/s1. The number of aromatic nitrogens is 3. The summed E-state index contributed by atoms with van der Waals surface area (Å²) in [6.07, 6.45) is 2.66. The third-order valence-corrected chi connectivity index (χ3v) is 5.07. The minimum absolute atomic E-state index is 0.252. The number of esters is 1. The number of nitrogens with zero attached hydrogens (tertiary/aromatic N) is 4. The quantitative estimate of drug-likeness (QED) is 0.600. The maximum atomic E-state index is 11.7. The van der Waals surface area contributed by atoms with Crippen molar-refractivity contribution in [1.82, 2.24) is 15.0 Å². The molecule has 2 aromatic carbocycles. The molecule has 0 spiro atoms. The van der Waals surface area contributed by atoms with Gasteiger partial charge < -0.3 is 14.4 Å². The van der Waals surface area contributed by atoms with Crippen molar-refractivity contribution in [3.63, 3.8) is 0 Å². The molecule has 0 amide bonds. The zero-order valence-corrected chi connectivity index (χ0v) is 16.6. The van der Waals surface area contributed by atoms with Crippen LogP contribution in [0, 0.1) is 0 Å². The minimum atomic E-state index is -0.352. The summed E-state index contributed by atoms with van der Waals surface area (Å²) in [6.45, 7) is 4.12. The van der Waals surface area contributed by atoms with Gasteiger partial charge in [-0.15, -0.1) is 5.10 Å². The summed E-state index contributed by atoms with van der Waals surface area (Å²) in [5.74, 6) is -0.352. The van der Waals surface area contributed by atoms with Gasteiger partial charge in [-0.05, 0) is 41.8 Å². The van der Waals surface area contributed by atoms with Crippen LogP contribution in [0.2, 0.25) is 0 Å². The van der Waals surface area contributed by atoms with Crippen LogP contribution in [0.4, 0.5) is 5.69 Å². The summed E-state index contributed by atoms with van der Waals surface area (Å²) in [5, 5.41) is 8.58. The Morgan fingerprint density at radius 2 is 2.03 bits per heavy atom. The monoisotopic (exact) mass is 392 g/mol. The number of carbonyl (C=O) groups is 1. The first kappa shape index (κ1) is 19.1. The van der Waals surface area contributed by atoms with Crippen molar-refractivity contribution in [2.45, 2.75) is 26.1 Å². The van der Waals surface area contributed by atoms with Crippen molar-refractivity contribution in [3.8, 4) is 0 Å². The van der Waals surface area contributed by atoms with Gasteiger partial charge in [0.2, 0.25) is 0 Å². The van der Waals surface area contributed by atoms with E-state index >= 15 is 0 Å². The largest absolute Gasteiger partial charge is 0.465 e. The van der Waals surface area contributed by atoms with Crippen LogP contribution in [0.25, 0.3) is 0 Å². The van der Waals surface area contributed by atoms with E-state index in [0.717, 1.165) is 29.9 Å². The molecule has 1 fully saturated rings. The number of rotatable bonds is 6. The fraction of sp³-hybridized carbons (Fsp3) is 0.318. The Hall–Kier alpha value is -3.19. The highest BCUT2D eigenvalue weighted by Crippen LogP contribution is 2.31. The highest BCUT2D eigenvalue weighted by atomic mass is 16.5. The maximum Gasteiger partial charge on any atom is 0.337 e. The molecule has 1 atom stereocenters. The molecule has 2 heterocycles. The van der Waals surface area contributed by atoms with E-state index in [0.29, 0.717) is 18.7 Å². The molecular formula is C22H24N4O3. The van der Waals surface area contributed by atoms with E-state index in [-0.39, 0.29) is 12.2 Å². The minimum Gasteiger partial charge on any atom is -0.465 e. The molecule has 29 heavy (non-hydrogen) atoms. The van der Waals surface area contributed by atoms with Crippen LogP contribution < -0.4 is 4.90 Å². The number of anilines is 1. The van der Waals surface area contributed by atoms with Gasteiger partial charge >= 0.3 is 5.97 Å². The van der Waals surface area contributed by atoms with Gasteiger partial charge in [0.15, 0.2) is 6.23 Å². The molecule has 1 aromatic heterocycles. The number of carbonyl (C=O) groups excluding carboxylic acids is 1. The lowest BCUT2D eigenvalue weighted by molar-refractivity contribution is 0.0600. The molecule has 0 radical (unpaired) electrons. The third kappa shape index (κ3) is 4.14. The summed E-state index contributed by atoms with van der Waals surface area (Å²) in [6, 6.07) is 15.9. The molecule has 4 rings (SSSR count). The van der Waals surface area contributed by atoms with E-state index in [1.165, 1.54) is 12.7 Å². The molecule has 1 aliphatic heterocycles. The molecule has 0 unspecified atom stereocenters. The second-order valence-corrected chi connectivity index (χ2v) is 6.97. The lowest BCUT2D eigenvalue weighted by Gasteiger charge is -2.23. The maximum absolute atomic E-state index is 11.7. The Bertz CT molecular complexity index is 984. The van der Waals surface area contributed by atoms with Crippen LogP contribution >= 0.6 is 0 Å². The number of benzene rings is 2. The smallest absolute Gasteiger partial charge is 0.337 e. The Morgan fingerprint density at radius 1 is 1.21 bits per heavy atom. The highest BCUT2D eigenvalue weighted by molar-refractivity contribution is 5.89. The molecule has 3 aromatic rings. The van der Waals surface area contributed by atoms with Crippen molar-refractivity contribution in [3.05, 3.63) is 77.1 Å². The molecule has 0 aliphatic carbocycles. The molecule has 7 nitrogen and oxygen atoms in total. The van der Waals surface area contributed by atoms with Gasteiger partial charge in [0, 0.05) is 12.2 Å². The molecule has 0 N–H and O–H groups in total. The van der Waals surface area contributed by atoms with Crippen LogP contribution in [0.1, 0.15) is 40.3 Å². The summed E-state index contributed by atoms with van der Waals surface area (Å²) in [7, 11) is 1.38. The van der Waals surface area contributed by atoms with Gasteiger partial charge in [0.25, 0.3) is 0 Å². The van der Waals surface area contributed by atoms with Crippen LogP contribution in [-0.2, 0) is 22.4 Å². The van der Waals surface area contributed by atoms with Crippen LogP contribution in [0.3, 0.4) is 0 Å². The molecule has 150 valence electrons. The van der Waals surface area contributed by atoms with E-state index in [1.54, 1.807) is 16.8 Å². The van der Waals surface area contributed by atoms with Crippen molar-refractivity contribution >= 4 is 11.7 Å². The van der Waals surface area contributed by atoms with Crippen LogP contribution in [-0.4, -0.2) is 41.2 Å². The highest BCUT2D eigenvalue weighted by Gasteiger charge is 2.29. The lowest BCUT2D eigenvalue weighted by Crippen LogP contribution is -2.23. The number of methoxy groups -OCH3 is 1. The van der Waals surface area contributed by atoms with E-state index in [9.17, 15) is 4.79 Å². The first-order valence-electron chi connectivity index (χ1n) is 9.72. The second-order valence-electron chi connectivity index (χ2n) is 6.97. The van der Waals surface area contributed by atoms with Crippen LogP contribution in [0.5, 0.6) is 0 Å². The van der Waals surface area contributed by atoms with E-state index in [4.69, 9.17) is 9.47 Å². The van der Waals surface area contributed by atoms with Crippen molar-refractivity contribution in [2.75, 3.05) is 25.2 Å². The van der Waals surface area contributed by atoms with Gasteiger partial charge in [0.05, 0.1) is 32.0 Å². The number of hydrogen-bond donors (Lipinski definition) is 0. The zero-order chi connectivity index (χ0) is 20.2. The van der Waals surface area contributed by atoms with Gasteiger partial charge in [-0.1, -0.05) is 36.4 Å². The van der Waals surface area contributed by atoms with Gasteiger partial charge in [-0.2, -0.15) is 0 Å². The molecular weight excluding hydrogens is 368 g/mol. The van der Waals surface area contributed by atoms with Gasteiger partial charge in [-0.25, -0.2) is 9.48 Å². The van der Waals surface area contributed by atoms with Crippen molar-refractivity contribution in [2.24, 2.45) is 0 Å². The predicted octanol–water partition coefficient (Wildman–Crippen LogP) is 3.21. The van der Waals surface area contributed by atoms with Crippen LogP contribution in [0.15, 0.2) is 54.7 Å². The van der Waals surface area contributed by atoms with Gasteiger partial charge in [0.1, 0.15) is 5.69 Å². The number of hydrogen-bond acceptors (Lipinski definition) is 6. The van der Waals surface area contributed by atoms with Crippen molar-refractivity contribution < 1.29 is 14.3 Å². The molecule has 1 saturated heterocycles. The fourth-order valence-electron chi connectivity index (χ4n) is 3.51. The summed E-state index contributed by atoms with van der Waals surface area (Å²) >= 11 is 0. The second kappa shape index (κ2) is 8.45. The lowest BCUT2D eigenvalue weighted by atomic mass is 10.1. The molecule has 0 bridgehead atoms. The first-order valence-corrected chi connectivity index (χ1v) is 9.72. The number of aryl methyl sites for hydroxylation is 1. The normalized spacial score (nSPS) is 16.2. The SMILES string of the molecule is CCc1ccc(N2CCO[C@@H]2c2cn(Cc3cccc(C(=O)OC)c3)nn2)cc1. The summed E-state index contributed by atoms with van der Waals surface area (Å²) in [4.78, 5) is 13.9. The Labute approximate surface area is 169 Å². The summed E-state index contributed by atoms with van der Waals surface area (Å²) < 4.78 is 12.5. The first-order chi connectivity index (χ1) is 14.2. The Kier molecular flexibility index (Phi) is 5.57. The van der Waals surface area contributed by atoms with Gasteiger partial charge in [-0.3, -0.25) is 0 Å². The average Bonchev–Trinajstić information content (AvgIpc) is 3.43.